The molecule has 0 radical (unpaired) electrons. The number of ether oxygens (including phenoxy) is 1. The number of thiazole rings is 1. The molecule has 92 valence electrons. The Hall–Kier alpha value is -0.320. The van der Waals surface area contributed by atoms with E-state index in [1.54, 1.807) is 17.5 Å². The summed E-state index contributed by atoms with van der Waals surface area (Å²) in [6.45, 7) is 1.99. The second-order valence-corrected chi connectivity index (χ2v) is 4.79. The molecule has 0 spiro atoms. The average molecular weight is 263 g/mol. The van der Waals surface area contributed by atoms with Crippen LogP contribution >= 0.6 is 23.7 Å². The molecule has 16 heavy (non-hydrogen) atoms. The molecule has 1 aliphatic heterocycles. The average Bonchev–Trinajstić information content (AvgIpc) is 2.79. The molecular formula is C11H19ClN2OS. The minimum absolute atomic E-state index is 0. The lowest BCUT2D eigenvalue weighted by molar-refractivity contribution is 0.284. The fourth-order valence-electron chi connectivity index (χ4n) is 1.94. The second-order valence-electron chi connectivity index (χ2n) is 3.94. The molecule has 0 bridgehead atoms. The lowest BCUT2D eigenvalue weighted by Gasteiger charge is -2.23. The van der Waals surface area contributed by atoms with E-state index in [2.05, 4.69) is 10.3 Å². The van der Waals surface area contributed by atoms with E-state index in [1.807, 2.05) is 5.38 Å². The number of aromatic nitrogens is 1. The SMILES string of the molecule is Cl.c1csc(OCCCC2CCCCN2)n1. The quantitative estimate of drug-likeness (QED) is 0.829. The van der Waals surface area contributed by atoms with Gasteiger partial charge < -0.3 is 10.1 Å². The molecule has 0 aromatic carbocycles. The van der Waals surface area contributed by atoms with Crippen molar-refractivity contribution < 1.29 is 4.74 Å². The maximum Gasteiger partial charge on any atom is 0.273 e. The first-order valence-electron chi connectivity index (χ1n) is 5.71. The summed E-state index contributed by atoms with van der Waals surface area (Å²) in [5.74, 6) is 0. The molecular weight excluding hydrogens is 244 g/mol. The van der Waals surface area contributed by atoms with Gasteiger partial charge in [0.05, 0.1) is 6.61 Å². The van der Waals surface area contributed by atoms with Crippen molar-refractivity contribution in [3.8, 4) is 5.19 Å². The molecule has 3 nitrogen and oxygen atoms in total. The minimum Gasteiger partial charge on any atom is -0.470 e. The first kappa shape index (κ1) is 13.7. The highest BCUT2D eigenvalue weighted by atomic mass is 35.5. The fraction of sp³-hybridized carbons (Fsp3) is 0.727. The molecule has 1 aliphatic rings. The van der Waals surface area contributed by atoms with Gasteiger partial charge in [0.1, 0.15) is 0 Å². The summed E-state index contributed by atoms with van der Waals surface area (Å²) in [5.41, 5.74) is 0. The molecule has 1 unspecified atom stereocenters. The summed E-state index contributed by atoms with van der Waals surface area (Å²) in [5, 5.41) is 6.28. The van der Waals surface area contributed by atoms with Gasteiger partial charge in [-0.15, -0.1) is 12.4 Å². The second kappa shape index (κ2) is 7.87. The molecule has 2 heterocycles. The Labute approximate surface area is 107 Å². The summed E-state index contributed by atoms with van der Waals surface area (Å²) in [6.07, 6.45) is 8.18. The zero-order valence-electron chi connectivity index (χ0n) is 9.35. The molecule has 0 aliphatic carbocycles. The normalized spacial score (nSPS) is 20.1. The Morgan fingerprint density at radius 1 is 1.50 bits per heavy atom. The summed E-state index contributed by atoms with van der Waals surface area (Å²) in [4.78, 5) is 4.08. The zero-order chi connectivity index (χ0) is 10.3. The molecule has 0 saturated carbocycles. The third-order valence-corrected chi connectivity index (χ3v) is 3.43. The van der Waals surface area contributed by atoms with E-state index in [4.69, 9.17) is 4.74 Å². The van der Waals surface area contributed by atoms with Crippen molar-refractivity contribution in [2.45, 2.75) is 38.1 Å². The van der Waals surface area contributed by atoms with Crippen LogP contribution in [0.15, 0.2) is 11.6 Å². The number of nitrogens with zero attached hydrogens (tertiary/aromatic N) is 1. The Morgan fingerprint density at radius 3 is 3.12 bits per heavy atom. The highest BCUT2D eigenvalue weighted by Crippen LogP contribution is 2.15. The van der Waals surface area contributed by atoms with Crippen molar-refractivity contribution in [2.24, 2.45) is 0 Å². The van der Waals surface area contributed by atoms with Gasteiger partial charge in [0.15, 0.2) is 0 Å². The van der Waals surface area contributed by atoms with Crippen molar-refractivity contribution in [3.63, 3.8) is 0 Å². The molecule has 1 aromatic rings. The van der Waals surface area contributed by atoms with Crippen LogP contribution in [0.5, 0.6) is 5.19 Å². The van der Waals surface area contributed by atoms with Crippen LogP contribution in [0.1, 0.15) is 32.1 Å². The third kappa shape index (κ3) is 4.68. The standard InChI is InChI=1S/C11H18N2OS.ClH/c1-2-6-12-10(4-1)5-3-8-14-11-13-7-9-15-11;/h7,9-10,12H,1-6,8H2;1H. The number of nitrogens with one attached hydrogen (secondary N) is 1. The van der Waals surface area contributed by atoms with Gasteiger partial charge in [-0.25, -0.2) is 4.98 Å². The monoisotopic (exact) mass is 262 g/mol. The van der Waals surface area contributed by atoms with Crippen LogP contribution in [0.3, 0.4) is 0 Å². The van der Waals surface area contributed by atoms with E-state index in [0.29, 0.717) is 0 Å². The first-order valence-corrected chi connectivity index (χ1v) is 6.59. The third-order valence-electron chi connectivity index (χ3n) is 2.74. The lowest BCUT2D eigenvalue weighted by atomic mass is 10.0. The van der Waals surface area contributed by atoms with Gasteiger partial charge in [0, 0.05) is 17.6 Å². The van der Waals surface area contributed by atoms with Crippen LogP contribution < -0.4 is 10.1 Å². The maximum atomic E-state index is 5.52. The molecule has 1 saturated heterocycles. The Balaban J connectivity index is 0.00000128. The number of piperidine rings is 1. The Kier molecular flexibility index (Phi) is 6.76. The molecule has 5 heteroatoms. The summed E-state index contributed by atoms with van der Waals surface area (Å²) in [7, 11) is 0. The van der Waals surface area contributed by atoms with Crippen LogP contribution in [0.2, 0.25) is 0 Å². The van der Waals surface area contributed by atoms with Crippen LogP contribution in [0.4, 0.5) is 0 Å². The summed E-state index contributed by atoms with van der Waals surface area (Å²) < 4.78 is 5.52. The van der Waals surface area contributed by atoms with Crippen molar-refractivity contribution in [2.75, 3.05) is 13.2 Å². The van der Waals surface area contributed by atoms with Crippen molar-refractivity contribution in [1.29, 1.82) is 0 Å². The Bertz CT molecular complexity index is 263. The highest BCUT2D eigenvalue weighted by Gasteiger charge is 2.11. The molecule has 1 aromatic heterocycles. The number of hydrogen-bond acceptors (Lipinski definition) is 4. The molecule has 1 N–H and O–H groups in total. The predicted molar refractivity (Wildman–Crippen MR) is 69.7 cm³/mol. The van der Waals surface area contributed by atoms with Gasteiger partial charge in [0.25, 0.3) is 5.19 Å². The van der Waals surface area contributed by atoms with Gasteiger partial charge in [-0.05, 0) is 32.2 Å². The highest BCUT2D eigenvalue weighted by molar-refractivity contribution is 7.11. The summed E-state index contributed by atoms with van der Waals surface area (Å²) >= 11 is 1.56. The van der Waals surface area contributed by atoms with E-state index in [0.717, 1.165) is 24.3 Å². The smallest absolute Gasteiger partial charge is 0.273 e. The number of rotatable bonds is 5. The van der Waals surface area contributed by atoms with Gasteiger partial charge in [-0.2, -0.15) is 0 Å². The van der Waals surface area contributed by atoms with E-state index in [1.165, 1.54) is 32.2 Å². The van der Waals surface area contributed by atoms with Gasteiger partial charge in [0.2, 0.25) is 0 Å². The number of halogens is 1. The van der Waals surface area contributed by atoms with Crippen molar-refractivity contribution >= 4 is 23.7 Å². The van der Waals surface area contributed by atoms with E-state index in [-0.39, 0.29) is 12.4 Å². The van der Waals surface area contributed by atoms with Gasteiger partial charge in [-0.3, -0.25) is 0 Å². The fourth-order valence-corrected chi connectivity index (χ4v) is 2.45. The van der Waals surface area contributed by atoms with E-state index in [9.17, 15) is 0 Å². The first-order chi connectivity index (χ1) is 7.45. The van der Waals surface area contributed by atoms with E-state index >= 15 is 0 Å². The van der Waals surface area contributed by atoms with Crippen LogP contribution in [-0.4, -0.2) is 24.2 Å². The largest absolute Gasteiger partial charge is 0.470 e. The minimum atomic E-state index is 0. The van der Waals surface area contributed by atoms with Gasteiger partial charge in [-0.1, -0.05) is 17.8 Å². The van der Waals surface area contributed by atoms with Crippen LogP contribution in [-0.2, 0) is 0 Å². The molecule has 2 rings (SSSR count). The number of hydrogen-bond donors (Lipinski definition) is 1. The van der Waals surface area contributed by atoms with Crippen molar-refractivity contribution in [3.05, 3.63) is 11.6 Å². The topological polar surface area (TPSA) is 34.1 Å². The van der Waals surface area contributed by atoms with Crippen LogP contribution in [0, 0.1) is 0 Å². The summed E-state index contributed by atoms with van der Waals surface area (Å²) in [6, 6.07) is 0.721. The predicted octanol–water partition coefficient (Wildman–Crippen LogP) is 2.87. The van der Waals surface area contributed by atoms with Crippen molar-refractivity contribution in [1.82, 2.24) is 10.3 Å². The molecule has 0 amide bonds. The van der Waals surface area contributed by atoms with Crippen LogP contribution in [0.25, 0.3) is 0 Å². The van der Waals surface area contributed by atoms with E-state index < -0.39 is 0 Å². The zero-order valence-corrected chi connectivity index (χ0v) is 11.0. The maximum absolute atomic E-state index is 5.52. The lowest BCUT2D eigenvalue weighted by Crippen LogP contribution is -2.34. The van der Waals surface area contributed by atoms with Gasteiger partial charge >= 0.3 is 0 Å². The molecule has 1 fully saturated rings. The molecule has 1 atom stereocenters. The Morgan fingerprint density at radius 2 is 2.44 bits per heavy atom.